The molecule has 8 nitrogen and oxygen atoms in total. The number of nitro benzene ring substituents is 1. The van der Waals surface area contributed by atoms with E-state index in [1.54, 1.807) is 24.3 Å². The number of hydrogen-bond acceptors (Lipinski definition) is 6. The predicted molar refractivity (Wildman–Crippen MR) is 97.7 cm³/mol. The van der Waals surface area contributed by atoms with E-state index >= 15 is 0 Å². The maximum Gasteiger partial charge on any atom is 0.289 e. The number of rotatable bonds is 5. The van der Waals surface area contributed by atoms with Crippen molar-refractivity contribution in [1.29, 1.82) is 0 Å². The second-order valence-electron chi connectivity index (χ2n) is 5.03. The van der Waals surface area contributed by atoms with E-state index in [9.17, 15) is 23.3 Å². The van der Waals surface area contributed by atoms with Crippen molar-refractivity contribution in [3.63, 3.8) is 0 Å². The number of halogens is 1. The Morgan fingerprint density at radius 1 is 1.12 bits per heavy atom. The van der Waals surface area contributed by atoms with Crippen molar-refractivity contribution in [2.45, 2.75) is 4.90 Å². The number of carbonyl (C=O) groups excluding carboxylic acids is 1. The first-order valence-corrected chi connectivity index (χ1v) is 9.71. The molecule has 26 heavy (non-hydrogen) atoms. The molecule has 3 aromatic rings. The van der Waals surface area contributed by atoms with Crippen LogP contribution in [0.4, 0.5) is 5.69 Å². The number of sulfonamides is 1. The van der Waals surface area contributed by atoms with E-state index in [4.69, 9.17) is 11.6 Å². The summed E-state index contributed by atoms with van der Waals surface area (Å²) in [6.07, 6.45) is 0. The van der Waals surface area contributed by atoms with E-state index in [1.165, 1.54) is 12.1 Å². The molecule has 1 heterocycles. The van der Waals surface area contributed by atoms with Gasteiger partial charge in [0.15, 0.2) is 4.90 Å². The van der Waals surface area contributed by atoms with E-state index in [-0.39, 0.29) is 9.90 Å². The molecule has 0 radical (unpaired) electrons. The molecule has 11 heteroatoms. The maximum atomic E-state index is 12.3. The maximum absolute atomic E-state index is 12.3. The molecular weight excluding hydrogens is 402 g/mol. The van der Waals surface area contributed by atoms with Crippen LogP contribution in [-0.4, -0.2) is 19.2 Å². The van der Waals surface area contributed by atoms with Gasteiger partial charge in [0.25, 0.3) is 21.6 Å². The number of benzene rings is 2. The number of nitrogens with one attached hydrogen (secondary N) is 2. The SMILES string of the molecule is O=C(NNS(=O)(=O)c1ccccc1[N+](=O)[O-])c1sc2ccccc2c1Cl. The van der Waals surface area contributed by atoms with Gasteiger partial charge >= 0.3 is 0 Å². The van der Waals surface area contributed by atoms with Gasteiger partial charge in [0.1, 0.15) is 4.88 Å². The Kier molecular flexibility index (Phi) is 4.92. The van der Waals surface area contributed by atoms with E-state index in [2.05, 4.69) is 0 Å². The molecule has 0 spiro atoms. The van der Waals surface area contributed by atoms with Crippen LogP contribution < -0.4 is 10.3 Å². The highest BCUT2D eigenvalue weighted by Crippen LogP contribution is 2.34. The zero-order valence-corrected chi connectivity index (χ0v) is 15.2. The first kappa shape index (κ1) is 18.3. The summed E-state index contributed by atoms with van der Waals surface area (Å²) in [4.78, 5) is 23.9. The third-order valence-electron chi connectivity index (χ3n) is 3.39. The molecule has 1 aromatic heterocycles. The molecule has 134 valence electrons. The molecule has 0 fully saturated rings. The topological polar surface area (TPSA) is 118 Å². The fourth-order valence-electron chi connectivity index (χ4n) is 2.22. The zero-order valence-electron chi connectivity index (χ0n) is 12.8. The van der Waals surface area contributed by atoms with Crippen LogP contribution in [0.25, 0.3) is 10.1 Å². The summed E-state index contributed by atoms with van der Waals surface area (Å²) < 4.78 is 25.3. The van der Waals surface area contributed by atoms with Gasteiger partial charge in [-0.2, -0.15) is 0 Å². The summed E-state index contributed by atoms with van der Waals surface area (Å²) in [5, 5.41) is 11.9. The Hall–Kier alpha value is -2.53. The van der Waals surface area contributed by atoms with Crippen LogP contribution >= 0.6 is 22.9 Å². The quantitative estimate of drug-likeness (QED) is 0.494. The van der Waals surface area contributed by atoms with Crippen molar-refractivity contribution in [1.82, 2.24) is 10.3 Å². The van der Waals surface area contributed by atoms with Crippen LogP contribution in [0, 0.1) is 10.1 Å². The lowest BCUT2D eigenvalue weighted by molar-refractivity contribution is -0.387. The van der Waals surface area contributed by atoms with Crippen molar-refractivity contribution in [2.24, 2.45) is 0 Å². The van der Waals surface area contributed by atoms with E-state index < -0.39 is 31.4 Å². The van der Waals surface area contributed by atoms with Crippen molar-refractivity contribution in [3.05, 3.63) is 68.5 Å². The van der Waals surface area contributed by atoms with E-state index in [0.717, 1.165) is 28.2 Å². The number of nitro groups is 1. The van der Waals surface area contributed by atoms with Crippen LogP contribution in [-0.2, 0) is 10.0 Å². The van der Waals surface area contributed by atoms with Crippen LogP contribution in [0.1, 0.15) is 9.67 Å². The molecule has 0 aliphatic rings. The van der Waals surface area contributed by atoms with E-state index in [0.29, 0.717) is 5.39 Å². The highest BCUT2D eigenvalue weighted by Gasteiger charge is 2.26. The summed E-state index contributed by atoms with van der Waals surface area (Å²) >= 11 is 7.27. The van der Waals surface area contributed by atoms with Crippen LogP contribution in [0.15, 0.2) is 53.4 Å². The number of carbonyl (C=O) groups is 1. The average molecular weight is 412 g/mol. The van der Waals surface area contributed by atoms with Gasteiger partial charge in [-0.25, -0.2) is 8.42 Å². The van der Waals surface area contributed by atoms with Gasteiger partial charge in [0, 0.05) is 16.2 Å². The predicted octanol–water partition coefficient (Wildman–Crippen LogP) is 3.09. The summed E-state index contributed by atoms with van der Waals surface area (Å²) in [6, 6.07) is 11.9. The number of para-hydroxylation sites is 1. The number of fused-ring (bicyclic) bond motifs is 1. The van der Waals surface area contributed by atoms with Crippen LogP contribution in [0.2, 0.25) is 5.02 Å². The Morgan fingerprint density at radius 3 is 2.46 bits per heavy atom. The minimum absolute atomic E-state index is 0.123. The van der Waals surface area contributed by atoms with Gasteiger partial charge in [0.05, 0.1) is 9.95 Å². The molecule has 2 aromatic carbocycles. The second kappa shape index (κ2) is 7.00. The highest BCUT2D eigenvalue weighted by atomic mass is 35.5. The Bertz CT molecular complexity index is 1130. The number of hydrogen-bond donors (Lipinski definition) is 2. The van der Waals surface area contributed by atoms with Gasteiger partial charge < -0.3 is 0 Å². The van der Waals surface area contributed by atoms with Crippen molar-refractivity contribution in [3.8, 4) is 0 Å². The first-order valence-electron chi connectivity index (χ1n) is 7.04. The third-order valence-corrected chi connectivity index (χ3v) is 6.36. The van der Waals surface area contributed by atoms with E-state index in [1.807, 2.05) is 10.3 Å². The zero-order chi connectivity index (χ0) is 18.9. The molecular formula is C15H10ClN3O5S2. The lowest BCUT2D eigenvalue weighted by Gasteiger charge is -2.08. The van der Waals surface area contributed by atoms with Gasteiger partial charge in [-0.05, 0) is 12.1 Å². The average Bonchev–Trinajstić information content (AvgIpc) is 2.97. The molecule has 1 amide bonds. The first-order chi connectivity index (χ1) is 12.3. The number of hydrazine groups is 1. The number of nitrogens with zero attached hydrogens (tertiary/aromatic N) is 1. The fourth-order valence-corrected chi connectivity index (χ4v) is 4.65. The standard InChI is InChI=1S/C15H10ClN3O5S2/c16-13-9-5-1-3-7-11(9)25-14(13)15(20)17-18-26(23,24)12-8-4-2-6-10(12)19(21)22/h1-8,18H,(H,17,20). The Labute approximate surface area is 156 Å². The highest BCUT2D eigenvalue weighted by molar-refractivity contribution is 7.89. The van der Waals surface area contributed by atoms with Crippen molar-refractivity contribution in [2.75, 3.05) is 0 Å². The number of amides is 1. The molecule has 3 rings (SSSR count). The third kappa shape index (κ3) is 3.40. The molecule has 0 saturated carbocycles. The molecule has 0 aliphatic heterocycles. The van der Waals surface area contributed by atoms with Gasteiger partial charge in [-0.15, -0.1) is 16.2 Å². The molecule has 0 saturated heterocycles. The summed E-state index contributed by atoms with van der Waals surface area (Å²) in [7, 11) is -4.34. The van der Waals surface area contributed by atoms with Crippen LogP contribution in [0.3, 0.4) is 0 Å². The molecule has 0 bridgehead atoms. The number of thiophene rings is 1. The lowest BCUT2D eigenvalue weighted by Crippen LogP contribution is -2.41. The van der Waals surface area contributed by atoms with Gasteiger partial charge in [0.2, 0.25) is 0 Å². The second-order valence-corrected chi connectivity index (χ2v) is 8.11. The van der Waals surface area contributed by atoms with Crippen molar-refractivity contribution >= 4 is 54.6 Å². The largest absolute Gasteiger partial charge is 0.289 e. The summed E-state index contributed by atoms with van der Waals surface area (Å²) in [6.45, 7) is 0. The van der Waals surface area contributed by atoms with Gasteiger partial charge in [-0.1, -0.05) is 41.9 Å². The lowest BCUT2D eigenvalue weighted by atomic mass is 10.2. The summed E-state index contributed by atoms with van der Waals surface area (Å²) in [5.74, 6) is -0.765. The Morgan fingerprint density at radius 2 is 1.77 bits per heavy atom. The minimum atomic E-state index is -4.34. The molecule has 0 aliphatic carbocycles. The Balaban J connectivity index is 1.85. The summed E-state index contributed by atoms with van der Waals surface area (Å²) in [5.41, 5.74) is 1.43. The smallest absolute Gasteiger partial charge is 0.273 e. The minimum Gasteiger partial charge on any atom is -0.273 e. The molecule has 0 atom stereocenters. The van der Waals surface area contributed by atoms with Crippen molar-refractivity contribution < 1.29 is 18.1 Å². The van der Waals surface area contributed by atoms with Crippen LogP contribution in [0.5, 0.6) is 0 Å². The molecule has 2 N–H and O–H groups in total. The molecule has 0 unspecified atom stereocenters. The monoisotopic (exact) mass is 411 g/mol. The van der Waals surface area contributed by atoms with Gasteiger partial charge in [-0.3, -0.25) is 20.3 Å². The normalized spacial score (nSPS) is 11.4. The fraction of sp³-hybridized carbons (Fsp3) is 0.